The van der Waals surface area contributed by atoms with Gasteiger partial charge >= 0.3 is 24.1 Å². The minimum Gasteiger partial charge on any atom is -0.413 e. The summed E-state index contributed by atoms with van der Waals surface area (Å²) >= 11 is 3.04. The van der Waals surface area contributed by atoms with E-state index in [9.17, 15) is 62.4 Å². The van der Waals surface area contributed by atoms with Gasteiger partial charge in [0.2, 0.25) is 17.3 Å². The molecule has 6 rings (SSSR count). The van der Waals surface area contributed by atoms with Gasteiger partial charge in [0.15, 0.2) is 31.2 Å². The van der Waals surface area contributed by atoms with Gasteiger partial charge in [-0.1, -0.05) is 47.6 Å². The monoisotopic (exact) mass is 950 g/mol. The number of H-pyrrole nitrogens is 1. The van der Waals surface area contributed by atoms with Crippen LogP contribution in [-0.4, -0.2) is 76.2 Å². The molecule has 0 aliphatic heterocycles. The molecule has 0 unspecified atom stereocenters. The Morgan fingerprint density at radius 3 is 1.48 bits per heavy atom. The van der Waals surface area contributed by atoms with Crippen LogP contribution in [0, 0.1) is 0 Å². The van der Waals surface area contributed by atoms with E-state index in [0.717, 1.165) is 29.2 Å². The lowest BCUT2D eigenvalue weighted by atomic mass is 10.1. The summed E-state index contributed by atoms with van der Waals surface area (Å²) in [7, 11) is -6.58. The minimum atomic E-state index is -4.81. The Labute approximate surface area is 343 Å². The zero-order valence-electron chi connectivity index (χ0n) is 29.8. The molecule has 0 saturated heterocycles. The number of benzene rings is 2. The van der Waals surface area contributed by atoms with Crippen molar-refractivity contribution in [3.8, 4) is 22.9 Å². The number of rotatable bonds is 9. The van der Waals surface area contributed by atoms with E-state index in [2.05, 4.69) is 50.1 Å². The van der Waals surface area contributed by atoms with Gasteiger partial charge < -0.3 is 18.4 Å². The third kappa shape index (κ3) is 13.2. The first kappa shape index (κ1) is 48.3. The molecule has 1 N–H and O–H groups in total. The van der Waals surface area contributed by atoms with Crippen LogP contribution in [0.3, 0.4) is 0 Å². The maximum absolute atomic E-state index is 12.5. The number of ketones is 2. The Bertz CT molecular complexity index is 2800. The zero-order chi connectivity index (χ0) is 43.9. The van der Waals surface area contributed by atoms with Crippen LogP contribution in [-0.2, 0) is 38.6 Å². The number of aromatic nitrogens is 6. The molecule has 0 fully saturated rings. The highest BCUT2D eigenvalue weighted by atomic mass is 79.9. The normalized spacial score (nSPS) is 11.6. The topological polar surface area (TPSA) is 235 Å². The van der Waals surface area contributed by atoms with Crippen LogP contribution in [0.25, 0.3) is 22.9 Å². The van der Waals surface area contributed by atoms with Crippen LogP contribution in [0.5, 0.6) is 0 Å². The van der Waals surface area contributed by atoms with E-state index in [1.165, 1.54) is 73.1 Å². The summed E-state index contributed by atoms with van der Waals surface area (Å²) in [4.78, 5) is 49.2. The summed E-state index contributed by atoms with van der Waals surface area (Å²) in [5.41, 5.74) is -0.333. The summed E-state index contributed by atoms with van der Waals surface area (Å²) in [6.07, 6.45) is -4.85. The summed E-state index contributed by atoms with van der Waals surface area (Å²) < 4.78 is 129. The van der Waals surface area contributed by atoms with Crippen molar-refractivity contribution in [2.75, 3.05) is 17.8 Å². The molecule has 0 amide bonds. The van der Waals surface area contributed by atoms with Gasteiger partial charge in [-0.3, -0.25) is 19.2 Å². The molecule has 0 aliphatic rings. The highest BCUT2D eigenvalue weighted by Gasteiger charge is 2.39. The first-order valence-electron chi connectivity index (χ1n) is 15.8. The van der Waals surface area contributed by atoms with Crippen molar-refractivity contribution in [3.05, 3.63) is 129 Å². The molecular weight excluding hydrogens is 922 g/mol. The second kappa shape index (κ2) is 19.3. The maximum Gasteiger partial charge on any atom is 0.470 e. The van der Waals surface area contributed by atoms with Crippen molar-refractivity contribution >= 4 is 47.2 Å². The number of hydrogen-bond acceptors (Lipinski definition) is 14. The lowest BCUT2D eigenvalue weighted by Gasteiger charge is -2.06. The largest absolute Gasteiger partial charge is 0.470 e. The van der Waals surface area contributed by atoms with Crippen LogP contribution < -0.4 is 11.1 Å². The molecule has 6 aromatic rings. The second-order valence-electron chi connectivity index (χ2n) is 11.7. The summed E-state index contributed by atoms with van der Waals surface area (Å²) in [6, 6.07) is 15.8. The summed E-state index contributed by atoms with van der Waals surface area (Å²) in [6.45, 7) is -0.352. The van der Waals surface area contributed by atoms with Crippen LogP contribution in [0.2, 0.25) is 0 Å². The average molecular weight is 952 g/mol. The van der Waals surface area contributed by atoms with Gasteiger partial charge in [0, 0.05) is 59.3 Å². The van der Waals surface area contributed by atoms with Gasteiger partial charge in [0.25, 0.3) is 5.56 Å². The maximum atomic E-state index is 12.5. The predicted octanol–water partition coefficient (Wildman–Crippen LogP) is 5.95. The molecule has 25 heteroatoms. The second-order valence-corrected chi connectivity index (χ2v) is 16.3. The number of pyridine rings is 2. The number of sulfone groups is 2. The number of halogens is 7. The minimum absolute atomic E-state index is 0. The molecule has 320 valence electrons. The van der Waals surface area contributed by atoms with Crippen molar-refractivity contribution in [1.82, 2.24) is 29.9 Å². The number of carbonyl (C=O) groups is 2. The molecule has 16 nitrogen and oxygen atoms in total. The fourth-order valence-corrected chi connectivity index (χ4v) is 5.94. The number of hydrogen-bond donors (Lipinski definition) is 1. The first-order valence-corrected chi connectivity index (χ1v) is 20.7. The zero-order valence-corrected chi connectivity index (χ0v) is 33.0. The average Bonchev–Trinajstić information content (AvgIpc) is 3.88. The Morgan fingerprint density at radius 1 is 0.683 bits per heavy atom. The van der Waals surface area contributed by atoms with E-state index in [1.807, 2.05) is 0 Å². The third-order valence-corrected chi connectivity index (χ3v) is 10.0. The quantitative estimate of drug-likeness (QED) is 0.100. The summed E-state index contributed by atoms with van der Waals surface area (Å²) in [5, 5.41) is 12.4. The molecule has 0 saturated carbocycles. The van der Waals surface area contributed by atoms with Crippen LogP contribution in [0.1, 0.15) is 39.9 Å². The van der Waals surface area contributed by atoms with Gasteiger partial charge in [-0.05, 0) is 36.4 Å². The number of carbonyl (C=O) groups excluding carboxylic acids is 2. The molecular formula is C35H29BrF6N6O10S2. The Hall–Kier alpha value is -6.08. The molecule has 0 atom stereocenters. The van der Waals surface area contributed by atoms with Gasteiger partial charge in [-0.15, -0.1) is 20.4 Å². The standard InChI is InChI=1S/C17H12F3N3O5S.C9H9BrO3S.C8H4F3N3O2.CH4/c1-29(26,27)12-4-2-10(3-5-12)13(24)9-23-7-6-11(8-14(23)25)15-21-22-16(28-15)17(18,19)20;1-14(12,13)8-4-2-7(3-5-8)9(11)6-10;9-8(10,11)7-14-13-6(16-7)4-1-2-12-5(15)3-4;/h2-8H,9H2,1H3;2-5H,6H2,1H3;1-3H,(H,12,15);1H4. The highest BCUT2D eigenvalue weighted by Crippen LogP contribution is 2.31. The van der Waals surface area contributed by atoms with E-state index < -0.39 is 66.6 Å². The van der Waals surface area contributed by atoms with Crippen molar-refractivity contribution in [2.45, 2.75) is 36.1 Å². The lowest BCUT2D eigenvalue weighted by molar-refractivity contribution is -0.157. The number of Topliss-reactive ketones (excluding diaryl/α,β-unsaturated/α-hetero) is 2. The van der Waals surface area contributed by atoms with E-state index in [4.69, 9.17) is 0 Å². The third-order valence-electron chi connectivity index (χ3n) is 7.24. The van der Waals surface area contributed by atoms with Crippen molar-refractivity contribution in [3.63, 3.8) is 0 Å². The Balaban J connectivity index is 0.000000262. The molecule has 0 aliphatic carbocycles. The van der Waals surface area contributed by atoms with E-state index in [-0.39, 0.29) is 57.5 Å². The summed E-state index contributed by atoms with van der Waals surface area (Å²) in [5.74, 6) is -4.34. The van der Waals surface area contributed by atoms with Gasteiger partial charge in [-0.25, -0.2) is 16.8 Å². The molecule has 0 bridgehead atoms. The molecule has 4 aromatic heterocycles. The van der Waals surface area contributed by atoms with Gasteiger partial charge in [-0.2, -0.15) is 26.3 Å². The van der Waals surface area contributed by atoms with Crippen molar-refractivity contribution in [1.29, 1.82) is 0 Å². The van der Waals surface area contributed by atoms with E-state index >= 15 is 0 Å². The van der Waals surface area contributed by atoms with Crippen LogP contribution in [0.4, 0.5) is 26.3 Å². The Kier molecular flexibility index (Phi) is 15.6. The highest BCUT2D eigenvalue weighted by molar-refractivity contribution is 9.09. The molecule has 60 heavy (non-hydrogen) atoms. The van der Waals surface area contributed by atoms with Crippen LogP contribution >= 0.6 is 15.9 Å². The van der Waals surface area contributed by atoms with Gasteiger partial charge in [0.05, 0.1) is 21.7 Å². The molecule has 0 spiro atoms. The predicted molar refractivity (Wildman–Crippen MR) is 203 cm³/mol. The number of nitrogens with one attached hydrogen (secondary N) is 1. The molecule has 4 heterocycles. The number of aromatic amines is 1. The van der Waals surface area contributed by atoms with Crippen molar-refractivity contribution < 1.29 is 61.6 Å². The molecule has 0 radical (unpaired) electrons. The SMILES string of the molecule is C.CS(=O)(=O)c1ccc(C(=O)CBr)cc1.CS(=O)(=O)c1ccc(C(=O)Cn2ccc(-c3nnc(C(F)(F)F)o3)cc2=O)cc1.O=c1cc(-c2nnc(C(F)(F)F)o2)cc[nH]1. The molecule has 2 aromatic carbocycles. The van der Waals surface area contributed by atoms with E-state index in [1.54, 1.807) is 0 Å². The van der Waals surface area contributed by atoms with E-state index in [0.29, 0.717) is 5.56 Å². The number of alkyl halides is 7. The number of nitrogens with zero attached hydrogens (tertiary/aromatic N) is 5. The smallest absolute Gasteiger partial charge is 0.413 e. The van der Waals surface area contributed by atoms with Gasteiger partial charge in [0.1, 0.15) is 0 Å². The van der Waals surface area contributed by atoms with Crippen LogP contribution in [0.15, 0.2) is 113 Å². The lowest BCUT2D eigenvalue weighted by Crippen LogP contribution is -2.23. The fourth-order valence-electron chi connectivity index (χ4n) is 4.36. The van der Waals surface area contributed by atoms with Crippen molar-refractivity contribution in [2.24, 2.45) is 0 Å². The first-order chi connectivity index (χ1) is 27.4. The Morgan fingerprint density at radius 2 is 1.12 bits per heavy atom. The fraction of sp³-hybridized carbons (Fsp3) is 0.200.